The quantitative estimate of drug-likeness (QED) is 0.480. The van der Waals surface area contributed by atoms with Gasteiger partial charge in [0.15, 0.2) is 0 Å². The molecule has 0 heterocycles. The third-order valence-electron chi connectivity index (χ3n) is 2.37. The average Bonchev–Trinajstić information content (AvgIpc) is 2.04. The monoisotopic (exact) mass is 166 g/mol. The van der Waals surface area contributed by atoms with Crippen LogP contribution < -0.4 is 0 Å². The Morgan fingerprint density at radius 2 is 2.17 bits per heavy atom. The van der Waals surface area contributed by atoms with Crippen LogP contribution in [0.25, 0.3) is 0 Å². The van der Waals surface area contributed by atoms with Gasteiger partial charge in [0.25, 0.3) is 0 Å². The number of aliphatic carboxylic acids is 1. The SMILES string of the molecule is CC1=CCC(=C(C)C(=O)O)CC1. The summed E-state index contributed by atoms with van der Waals surface area (Å²) in [7, 11) is 0. The van der Waals surface area contributed by atoms with Gasteiger partial charge in [0.05, 0.1) is 0 Å². The van der Waals surface area contributed by atoms with Gasteiger partial charge in [0.2, 0.25) is 0 Å². The standard InChI is InChI=1S/C10H14O2/c1-7-3-5-9(6-4-7)8(2)10(11)12/h3H,4-6H2,1-2H3,(H,11,12). The smallest absolute Gasteiger partial charge is 0.331 e. The van der Waals surface area contributed by atoms with E-state index in [1.54, 1.807) is 6.92 Å². The first-order valence-electron chi connectivity index (χ1n) is 4.19. The molecule has 0 radical (unpaired) electrons. The number of allylic oxidation sites excluding steroid dienone is 3. The van der Waals surface area contributed by atoms with E-state index in [1.165, 1.54) is 5.57 Å². The Bertz CT molecular complexity index is 259. The molecule has 0 saturated heterocycles. The van der Waals surface area contributed by atoms with Crippen LogP contribution in [-0.4, -0.2) is 11.1 Å². The first-order chi connectivity index (χ1) is 5.61. The zero-order valence-electron chi connectivity index (χ0n) is 7.55. The Kier molecular flexibility index (Phi) is 2.69. The van der Waals surface area contributed by atoms with Crippen LogP contribution in [0.2, 0.25) is 0 Å². The maximum Gasteiger partial charge on any atom is 0.331 e. The second-order valence-corrected chi connectivity index (χ2v) is 3.29. The molecule has 2 nitrogen and oxygen atoms in total. The minimum Gasteiger partial charge on any atom is -0.478 e. The third-order valence-corrected chi connectivity index (χ3v) is 2.37. The number of rotatable bonds is 1. The third kappa shape index (κ3) is 1.97. The summed E-state index contributed by atoms with van der Waals surface area (Å²) in [6, 6.07) is 0. The Labute approximate surface area is 72.6 Å². The molecule has 2 heteroatoms. The van der Waals surface area contributed by atoms with Crippen molar-refractivity contribution >= 4 is 5.97 Å². The molecule has 0 unspecified atom stereocenters. The van der Waals surface area contributed by atoms with Crippen LogP contribution in [0.3, 0.4) is 0 Å². The van der Waals surface area contributed by atoms with Gasteiger partial charge in [-0.15, -0.1) is 0 Å². The van der Waals surface area contributed by atoms with Crippen LogP contribution >= 0.6 is 0 Å². The molecule has 0 saturated carbocycles. The summed E-state index contributed by atoms with van der Waals surface area (Å²) in [5.41, 5.74) is 2.98. The minimum absolute atomic E-state index is 0.527. The molecule has 0 amide bonds. The van der Waals surface area contributed by atoms with Gasteiger partial charge in [0.1, 0.15) is 0 Å². The fourth-order valence-corrected chi connectivity index (χ4v) is 1.34. The number of carbonyl (C=O) groups is 1. The second kappa shape index (κ2) is 3.57. The number of hydrogen-bond donors (Lipinski definition) is 1. The molecule has 1 rings (SSSR count). The lowest BCUT2D eigenvalue weighted by Gasteiger charge is -2.13. The molecule has 66 valence electrons. The van der Waals surface area contributed by atoms with Crippen LogP contribution in [0, 0.1) is 0 Å². The molecule has 1 aliphatic carbocycles. The predicted octanol–water partition coefficient (Wildman–Crippen LogP) is 2.52. The maximum atomic E-state index is 10.6. The van der Waals surface area contributed by atoms with Crippen LogP contribution in [0.1, 0.15) is 33.1 Å². The van der Waals surface area contributed by atoms with E-state index in [-0.39, 0.29) is 0 Å². The number of hydrogen-bond acceptors (Lipinski definition) is 1. The maximum absolute atomic E-state index is 10.6. The van der Waals surface area contributed by atoms with Gasteiger partial charge in [0, 0.05) is 5.57 Å². The molecular formula is C10H14O2. The van der Waals surface area contributed by atoms with Crippen molar-refractivity contribution in [3.05, 3.63) is 22.8 Å². The first kappa shape index (κ1) is 9.04. The Morgan fingerprint density at radius 1 is 1.50 bits per heavy atom. The molecule has 0 bridgehead atoms. The van der Waals surface area contributed by atoms with E-state index in [4.69, 9.17) is 5.11 Å². The van der Waals surface area contributed by atoms with Crippen molar-refractivity contribution in [2.24, 2.45) is 0 Å². The lowest BCUT2D eigenvalue weighted by Crippen LogP contribution is -2.03. The molecule has 0 spiro atoms. The van der Waals surface area contributed by atoms with Gasteiger partial charge in [-0.05, 0) is 33.1 Å². The van der Waals surface area contributed by atoms with Gasteiger partial charge in [-0.25, -0.2) is 4.79 Å². The summed E-state index contributed by atoms with van der Waals surface area (Å²) in [6.45, 7) is 3.78. The highest BCUT2D eigenvalue weighted by atomic mass is 16.4. The van der Waals surface area contributed by atoms with E-state index in [0.717, 1.165) is 24.8 Å². The lowest BCUT2D eigenvalue weighted by molar-refractivity contribution is -0.132. The van der Waals surface area contributed by atoms with Crippen molar-refractivity contribution in [1.82, 2.24) is 0 Å². The van der Waals surface area contributed by atoms with Gasteiger partial charge in [-0.1, -0.05) is 17.2 Å². The van der Waals surface area contributed by atoms with Crippen LogP contribution in [-0.2, 0) is 4.79 Å². The molecule has 12 heavy (non-hydrogen) atoms. The molecule has 0 aromatic heterocycles. The normalized spacial score (nSPS) is 21.7. The molecule has 0 atom stereocenters. The molecule has 0 aromatic carbocycles. The highest BCUT2D eigenvalue weighted by molar-refractivity contribution is 5.86. The fraction of sp³-hybridized carbons (Fsp3) is 0.500. The second-order valence-electron chi connectivity index (χ2n) is 3.29. The van der Waals surface area contributed by atoms with Gasteiger partial charge in [-0.2, -0.15) is 0 Å². The van der Waals surface area contributed by atoms with Crippen molar-refractivity contribution in [2.75, 3.05) is 0 Å². The van der Waals surface area contributed by atoms with E-state index in [0.29, 0.717) is 5.57 Å². The van der Waals surface area contributed by atoms with Crippen molar-refractivity contribution in [1.29, 1.82) is 0 Å². The number of carboxylic acids is 1. The highest BCUT2D eigenvalue weighted by Crippen LogP contribution is 2.24. The van der Waals surface area contributed by atoms with E-state index in [2.05, 4.69) is 13.0 Å². The molecule has 0 fully saturated rings. The highest BCUT2D eigenvalue weighted by Gasteiger charge is 2.11. The Balaban J connectivity index is 2.79. The van der Waals surface area contributed by atoms with Crippen molar-refractivity contribution < 1.29 is 9.90 Å². The average molecular weight is 166 g/mol. The summed E-state index contributed by atoms with van der Waals surface area (Å²) >= 11 is 0. The first-order valence-corrected chi connectivity index (χ1v) is 4.19. The molecular weight excluding hydrogens is 152 g/mol. The summed E-state index contributed by atoms with van der Waals surface area (Å²) in [4.78, 5) is 10.6. The Hall–Kier alpha value is -1.05. The van der Waals surface area contributed by atoms with E-state index >= 15 is 0 Å². The molecule has 0 aromatic rings. The van der Waals surface area contributed by atoms with E-state index < -0.39 is 5.97 Å². The van der Waals surface area contributed by atoms with Crippen molar-refractivity contribution in [3.63, 3.8) is 0 Å². The number of carboxylic acid groups (broad SMARTS) is 1. The summed E-state index contributed by atoms with van der Waals surface area (Å²) in [6.07, 6.45) is 4.87. The predicted molar refractivity (Wildman–Crippen MR) is 47.9 cm³/mol. The van der Waals surface area contributed by atoms with Gasteiger partial charge in [-0.3, -0.25) is 0 Å². The molecule has 0 aliphatic heterocycles. The minimum atomic E-state index is -0.780. The largest absolute Gasteiger partial charge is 0.478 e. The lowest BCUT2D eigenvalue weighted by atomic mass is 9.92. The zero-order valence-corrected chi connectivity index (χ0v) is 7.55. The van der Waals surface area contributed by atoms with Gasteiger partial charge < -0.3 is 5.11 Å². The fourth-order valence-electron chi connectivity index (χ4n) is 1.34. The van der Waals surface area contributed by atoms with Gasteiger partial charge >= 0.3 is 5.97 Å². The van der Waals surface area contributed by atoms with Crippen molar-refractivity contribution in [3.8, 4) is 0 Å². The topological polar surface area (TPSA) is 37.3 Å². The molecule has 1 N–H and O–H groups in total. The summed E-state index contributed by atoms with van der Waals surface area (Å²) in [5, 5.41) is 8.72. The van der Waals surface area contributed by atoms with Crippen LogP contribution in [0.4, 0.5) is 0 Å². The van der Waals surface area contributed by atoms with E-state index in [9.17, 15) is 4.79 Å². The zero-order chi connectivity index (χ0) is 9.14. The van der Waals surface area contributed by atoms with Crippen LogP contribution in [0.5, 0.6) is 0 Å². The summed E-state index contributed by atoms with van der Waals surface area (Å²) in [5.74, 6) is -0.780. The van der Waals surface area contributed by atoms with Crippen molar-refractivity contribution in [2.45, 2.75) is 33.1 Å². The Morgan fingerprint density at radius 3 is 2.58 bits per heavy atom. The summed E-state index contributed by atoms with van der Waals surface area (Å²) < 4.78 is 0. The van der Waals surface area contributed by atoms with E-state index in [1.807, 2.05) is 0 Å². The molecule has 1 aliphatic rings. The van der Waals surface area contributed by atoms with Crippen LogP contribution in [0.15, 0.2) is 22.8 Å².